The van der Waals surface area contributed by atoms with Crippen LogP contribution >= 0.6 is 0 Å². The Kier molecular flexibility index (Phi) is 7.34. The van der Waals surface area contributed by atoms with Gasteiger partial charge in [0, 0.05) is 57.9 Å². The van der Waals surface area contributed by atoms with Crippen LogP contribution in [0.25, 0.3) is 0 Å². The summed E-state index contributed by atoms with van der Waals surface area (Å²) in [6, 6.07) is 11.8. The summed E-state index contributed by atoms with van der Waals surface area (Å²) in [6.07, 6.45) is 8.31. The number of carbonyl (C=O) groups is 2. The maximum absolute atomic E-state index is 12.6. The average molecular weight is 447 g/mol. The van der Waals surface area contributed by atoms with E-state index in [9.17, 15) is 9.59 Å². The van der Waals surface area contributed by atoms with Crippen LogP contribution < -0.4 is 10.2 Å². The summed E-state index contributed by atoms with van der Waals surface area (Å²) in [5.74, 6) is 0.870. The smallest absolute Gasteiger partial charge is 0.252 e. The summed E-state index contributed by atoms with van der Waals surface area (Å²) < 4.78 is 1.98. The van der Waals surface area contributed by atoms with E-state index in [0.717, 1.165) is 37.4 Å². The van der Waals surface area contributed by atoms with Crippen molar-refractivity contribution in [1.29, 1.82) is 0 Å². The van der Waals surface area contributed by atoms with Gasteiger partial charge in [-0.25, -0.2) is 9.97 Å². The number of hydrogen-bond donors (Lipinski definition) is 1. The lowest BCUT2D eigenvalue weighted by atomic mass is 10.1. The van der Waals surface area contributed by atoms with Gasteiger partial charge in [0.25, 0.3) is 5.91 Å². The number of piperazine rings is 1. The number of aromatic nitrogens is 3. The van der Waals surface area contributed by atoms with E-state index in [-0.39, 0.29) is 11.8 Å². The molecule has 0 bridgehead atoms. The van der Waals surface area contributed by atoms with Crippen LogP contribution in [0.3, 0.4) is 0 Å². The van der Waals surface area contributed by atoms with Gasteiger partial charge < -0.3 is 19.7 Å². The van der Waals surface area contributed by atoms with Crippen LogP contribution in [0.2, 0.25) is 0 Å². The maximum atomic E-state index is 12.6. The number of benzene rings is 1. The molecule has 1 aliphatic rings. The SMILES string of the molecule is Cc1ccc(CC(=O)N2CCN(c3ccc(C(=O)NCCCn4ccnc4)cn3)CC2)cc1. The molecule has 3 aromatic rings. The van der Waals surface area contributed by atoms with E-state index in [1.54, 1.807) is 18.7 Å². The zero-order chi connectivity index (χ0) is 23.0. The minimum absolute atomic E-state index is 0.119. The number of hydrogen-bond acceptors (Lipinski definition) is 5. The van der Waals surface area contributed by atoms with Crippen molar-refractivity contribution >= 4 is 17.6 Å². The molecule has 2 aromatic heterocycles. The Labute approximate surface area is 194 Å². The molecule has 8 heteroatoms. The second-order valence-electron chi connectivity index (χ2n) is 8.35. The van der Waals surface area contributed by atoms with E-state index in [2.05, 4.69) is 20.2 Å². The third kappa shape index (κ3) is 6.19. The molecule has 1 aliphatic heterocycles. The first-order valence-electron chi connectivity index (χ1n) is 11.4. The topological polar surface area (TPSA) is 83.4 Å². The van der Waals surface area contributed by atoms with Crippen molar-refractivity contribution in [3.8, 4) is 0 Å². The van der Waals surface area contributed by atoms with Gasteiger partial charge in [-0.15, -0.1) is 0 Å². The highest BCUT2D eigenvalue weighted by atomic mass is 16.2. The van der Waals surface area contributed by atoms with E-state index >= 15 is 0 Å². The highest BCUT2D eigenvalue weighted by Gasteiger charge is 2.22. The van der Waals surface area contributed by atoms with Gasteiger partial charge in [0.05, 0.1) is 18.3 Å². The summed E-state index contributed by atoms with van der Waals surface area (Å²) in [5.41, 5.74) is 2.79. The number of amides is 2. The molecule has 0 atom stereocenters. The lowest BCUT2D eigenvalue weighted by Gasteiger charge is -2.35. The zero-order valence-corrected chi connectivity index (χ0v) is 19.0. The number of nitrogens with one attached hydrogen (secondary N) is 1. The highest BCUT2D eigenvalue weighted by Crippen LogP contribution is 2.15. The van der Waals surface area contributed by atoms with Crippen molar-refractivity contribution < 1.29 is 9.59 Å². The number of rotatable bonds is 8. The molecule has 1 fully saturated rings. The number of carbonyl (C=O) groups excluding carboxylic acids is 2. The third-order valence-corrected chi connectivity index (χ3v) is 5.88. The molecular formula is C25H30N6O2. The number of nitrogens with zero attached hydrogens (tertiary/aromatic N) is 5. The Morgan fingerprint density at radius 2 is 1.82 bits per heavy atom. The Morgan fingerprint density at radius 1 is 1.03 bits per heavy atom. The minimum Gasteiger partial charge on any atom is -0.353 e. The molecule has 8 nitrogen and oxygen atoms in total. The Bertz CT molecular complexity index is 1040. The number of imidazole rings is 1. The molecule has 1 aromatic carbocycles. The Balaban J connectivity index is 1.21. The van der Waals surface area contributed by atoms with Gasteiger partial charge in [0.1, 0.15) is 5.82 Å². The monoisotopic (exact) mass is 446 g/mol. The van der Waals surface area contributed by atoms with Gasteiger partial charge >= 0.3 is 0 Å². The van der Waals surface area contributed by atoms with Gasteiger partial charge in [-0.3, -0.25) is 9.59 Å². The molecule has 0 radical (unpaired) electrons. The molecule has 3 heterocycles. The summed E-state index contributed by atoms with van der Waals surface area (Å²) >= 11 is 0. The van der Waals surface area contributed by atoms with E-state index in [4.69, 9.17) is 0 Å². The first-order chi connectivity index (χ1) is 16.1. The Hall–Kier alpha value is -3.68. The van der Waals surface area contributed by atoms with Gasteiger partial charge in [-0.05, 0) is 31.0 Å². The largest absolute Gasteiger partial charge is 0.353 e. The van der Waals surface area contributed by atoms with Crippen LogP contribution in [0.5, 0.6) is 0 Å². The summed E-state index contributed by atoms with van der Waals surface area (Å²) in [5, 5.41) is 2.93. The highest BCUT2D eigenvalue weighted by molar-refractivity contribution is 5.94. The quantitative estimate of drug-likeness (QED) is 0.537. The summed E-state index contributed by atoms with van der Waals surface area (Å²) in [4.78, 5) is 37.6. The molecule has 2 amide bonds. The van der Waals surface area contributed by atoms with Crippen molar-refractivity contribution in [3.63, 3.8) is 0 Å². The number of pyridine rings is 1. The zero-order valence-electron chi connectivity index (χ0n) is 19.0. The summed E-state index contributed by atoms with van der Waals surface area (Å²) in [6.45, 7) is 6.26. The predicted octanol–water partition coefficient (Wildman–Crippen LogP) is 2.30. The average Bonchev–Trinajstić information content (AvgIpc) is 3.37. The molecule has 0 spiro atoms. The second kappa shape index (κ2) is 10.8. The van der Waals surface area contributed by atoms with Crippen molar-refractivity contribution in [3.05, 3.63) is 78.0 Å². The molecular weight excluding hydrogens is 416 g/mol. The fraction of sp³-hybridized carbons (Fsp3) is 0.360. The molecule has 4 rings (SSSR count). The van der Waals surface area contributed by atoms with Gasteiger partial charge in [0.2, 0.25) is 5.91 Å². The fourth-order valence-electron chi connectivity index (χ4n) is 3.87. The molecule has 0 aliphatic carbocycles. The van der Waals surface area contributed by atoms with E-state index in [0.29, 0.717) is 31.6 Å². The lowest BCUT2D eigenvalue weighted by Crippen LogP contribution is -2.49. The maximum Gasteiger partial charge on any atom is 0.252 e. The Morgan fingerprint density at radius 3 is 2.48 bits per heavy atom. The van der Waals surface area contributed by atoms with Crippen LogP contribution in [0, 0.1) is 6.92 Å². The minimum atomic E-state index is -0.119. The number of anilines is 1. The lowest BCUT2D eigenvalue weighted by molar-refractivity contribution is -0.130. The standard InChI is InChI=1S/C25H30N6O2/c1-20-3-5-21(6-4-20)17-24(32)31-15-13-30(14-16-31)23-8-7-22(18-28-23)25(33)27-9-2-11-29-12-10-26-19-29/h3-8,10,12,18-19H,2,9,11,13-17H2,1H3,(H,27,33). The molecule has 172 valence electrons. The molecule has 1 saturated heterocycles. The van der Waals surface area contributed by atoms with Crippen molar-refractivity contribution in [2.75, 3.05) is 37.6 Å². The van der Waals surface area contributed by atoms with Crippen molar-refractivity contribution in [1.82, 2.24) is 24.8 Å². The van der Waals surface area contributed by atoms with Crippen LogP contribution in [0.15, 0.2) is 61.3 Å². The normalized spacial score (nSPS) is 13.7. The molecule has 33 heavy (non-hydrogen) atoms. The second-order valence-corrected chi connectivity index (χ2v) is 8.35. The van der Waals surface area contributed by atoms with Crippen molar-refractivity contribution in [2.24, 2.45) is 0 Å². The van der Waals surface area contributed by atoms with Crippen LogP contribution in [-0.4, -0.2) is 64.0 Å². The van der Waals surface area contributed by atoms with Crippen LogP contribution in [-0.2, 0) is 17.8 Å². The first kappa shape index (κ1) is 22.5. The fourth-order valence-corrected chi connectivity index (χ4v) is 3.87. The van der Waals surface area contributed by atoms with Crippen molar-refractivity contribution in [2.45, 2.75) is 26.3 Å². The molecule has 1 N–H and O–H groups in total. The number of aryl methyl sites for hydroxylation is 2. The van der Waals surface area contributed by atoms with E-state index in [1.807, 2.05) is 59.0 Å². The van der Waals surface area contributed by atoms with Gasteiger partial charge in [0.15, 0.2) is 0 Å². The predicted molar refractivity (Wildman–Crippen MR) is 127 cm³/mol. The van der Waals surface area contributed by atoms with Gasteiger partial charge in [-0.1, -0.05) is 29.8 Å². The van der Waals surface area contributed by atoms with Gasteiger partial charge in [-0.2, -0.15) is 0 Å². The van der Waals surface area contributed by atoms with Crippen LogP contribution in [0.1, 0.15) is 27.9 Å². The van der Waals surface area contributed by atoms with Crippen LogP contribution in [0.4, 0.5) is 5.82 Å². The van der Waals surface area contributed by atoms with E-state index < -0.39 is 0 Å². The van der Waals surface area contributed by atoms with E-state index in [1.165, 1.54) is 5.56 Å². The molecule has 0 unspecified atom stereocenters. The third-order valence-electron chi connectivity index (χ3n) is 5.88. The summed E-state index contributed by atoms with van der Waals surface area (Å²) in [7, 11) is 0. The first-order valence-corrected chi connectivity index (χ1v) is 11.4. The molecule has 0 saturated carbocycles.